The lowest BCUT2D eigenvalue weighted by molar-refractivity contribution is -0.00239. The summed E-state index contributed by atoms with van der Waals surface area (Å²) >= 11 is 0. The minimum absolute atomic E-state index is 0.0821. The summed E-state index contributed by atoms with van der Waals surface area (Å²) in [6.07, 6.45) is -0.158. The van der Waals surface area contributed by atoms with E-state index < -0.39 is 33.8 Å². The topological polar surface area (TPSA) is 161 Å². The second kappa shape index (κ2) is 13.4. The Kier molecular flexibility index (Phi) is 10.3. The van der Waals surface area contributed by atoms with Gasteiger partial charge >= 0.3 is 6.09 Å². The molecule has 1 saturated heterocycles. The van der Waals surface area contributed by atoms with Gasteiger partial charge in [0.2, 0.25) is 10.3 Å². The molecule has 10 nitrogen and oxygen atoms in total. The zero-order valence-electron chi connectivity index (χ0n) is 21.3. The number of benzene rings is 2. The van der Waals surface area contributed by atoms with Crippen molar-refractivity contribution in [3.8, 4) is 11.8 Å². The van der Waals surface area contributed by atoms with E-state index in [0.29, 0.717) is 37.2 Å². The van der Waals surface area contributed by atoms with Crippen LogP contribution in [0.2, 0.25) is 0 Å². The first kappa shape index (κ1) is 29.1. The van der Waals surface area contributed by atoms with E-state index in [1.807, 2.05) is 6.07 Å². The second-order valence-electron chi connectivity index (χ2n) is 9.11. The van der Waals surface area contributed by atoms with Crippen LogP contribution >= 0.6 is 0 Å². The van der Waals surface area contributed by atoms with Crippen LogP contribution in [0.4, 0.5) is 4.79 Å². The van der Waals surface area contributed by atoms with E-state index in [1.54, 1.807) is 42.5 Å². The van der Waals surface area contributed by atoms with E-state index in [1.165, 1.54) is 19.2 Å². The van der Waals surface area contributed by atoms with Crippen LogP contribution in [-0.2, 0) is 31.8 Å². The number of alkyl carbamates (subject to hydrolysis) is 1. The van der Waals surface area contributed by atoms with Crippen LogP contribution in [0.5, 0.6) is 5.75 Å². The van der Waals surface area contributed by atoms with Crippen LogP contribution in [0.3, 0.4) is 0 Å². The number of hydrogen-bond acceptors (Lipinski definition) is 9. The quantitative estimate of drug-likeness (QED) is 0.207. The fraction of sp³-hybridized carbons (Fsp3) is 0.444. The molecule has 1 fully saturated rings. The van der Waals surface area contributed by atoms with Gasteiger partial charge in [-0.25, -0.2) is 4.79 Å². The maximum Gasteiger partial charge on any atom is 0.409 e. The number of nitrogens with zero attached hydrogens (tertiary/aromatic N) is 1. The van der Waals surface area contributed by atoms with Gasteiger partial charge in [-0.1, -0.05) is 42.5 Å². The molecule has 2 aromatic rings. The smallest absolute Gasteiger partial charge is 0.409 e. The van der Waals surface area contributed by atoms with Crippen LogP contribution in [0.1, 0.15) is 43.2 Å². The Labute approximate surface area is 223 Å². The molecule has 3 atom stereocenters. The first-order chi connectivity index (χ1) is 18.2. The van der Waals surface area contributed by atoms with E-state index >= 15 is 0 Å². The average molecular weight is 544 g/mol. The van der Waals surface area contributed by atoms with Crippen LogP contribution < -0.4 is 15.8 Å². The van der Waals surface area contributed by atoms with Gasteiger partial charge in [0.1, 0.15) is 17.5 Å². The highest BCUT2D eigenvalue weighted by Gasteiger charge is 2.54. The van der Waals surface area contributed by atoms with Crippen molar-refractivity contribution in [2.24, 2.45) is 5.73 Å². The number of unbranched alkanes of at least 4 members (excludes halogenated alkanes) is 2. The van der Waals surface area contributed by atoms with Crippen molar-refractivity contribution < 1.29 is 32.5 Å². The van der Waals surface area contributed by atoms with Crippen molar-refractivity contribution >= 4 is 21.3 Å². The SMILES string of the molecule is COc1ccc(C(O)(C(CCCCC#N)=S(=O)=O)C(N)(Cc2ccccc2)NC(=O)OC2CCOC2)cc1. The van der Waals surface area contributed by atoms with Gasteiger partial charge < -0.3 is 25.1 Å². The number of nitrogens with one attached hydrogen (secondary N) is 1. The lowest BCUT2D eigenvalue weighted by Gasteiger charge is -2.45. The van der Waals surface area contributed by atoms with Crippen LogP contribution in [0.15, 0.2) is 54.6 Å². The third kappa shape index (κ3) is 6.90. The largest absolute Gasteiger partial charge is 0.497 e. The Morgan fingerprint density at radius 3 is 2.50 bits per heavy atom. The fourth-order valence-electron chi connectivity index (χ4n) is 4.52. The molecule has 204 valence electrons. The van der Waals surface area contributed by atoms with Gasteiger partial charge in [-0.05, 0) is 42.5 Å². The minimum atomic E-state index is -2.90. The molecule has 0 aliphatic carbocycles. The number of methoxy groups -OCH3 is 1. The predicted octanol–water partition coefficient (Wildman–Crippen LogP) is 2.43. The van der Waals surface area contributed by atoms with E-state index in [9.17, 15) is 18.3 Å². The zero-order valence-corrected chi connectivity index (χ0v) is 22.1. The number of hydrogen-bond donors (Lipinski definition) is 3. The summed E-state index contributed by atoms with van der Waals surface area (Å²) in [6.45, 7) is 0.675. The average Bonchev–Trinajstić information content (AvgIpc) is 3.41. The molecule has 38 heavy (non-hydrogen) atoms. The highest BCUT2D eigenvalue weighted by atomic mass is 32.2. The van der Waals surface area contributed by atoms with Crippen LogP contribution in [-0.4, -0.2) is 56.6 Å². The molecule has 1 amide bonds. The molecule has 1 aliphatic heterocycles. The molecule has 0 saturated carbocycles. The molecule has 1 heterocycles. The summed E-state index contributed by atoms with van der Waals surface area (Å²) in [7, 11) is -1.42. The number of aliphatic hydroxyl groups is 1. The number of nitrogens with two attached hydrogens (primary N) is 1. The third-order valence-corrected chi connectivity index (χ3v) is 7.41. The predicted molar refractivity (Wildman–Crippen MR) is 141 cm³/mol. The van der Waals surface area contributed by atoms with Gasteiger partial charge in [0.05, 0.1) is 31.3 Å². The molecule has 3 rings (SSSR count). The summed E-state index contributed by atoms with van der Waals surface area (Å²) in [4.78, 5) is 12.8. The summed E-state index contributed by atoms with van der Waals surface area (Å²) < 4.78 is 41.3. The molecule has 3 unspecified atom stereocenters. The summed E-state index contributed by atoms with van der Waals surface area (Å²) in [5.74, 6) is 0.481. The number of nitriles is 1. The van der Waals surface area contributed by atoms with Crippen molar-refractivity contribution in [2.45, 2.75) is 55.9 Å². The first-order valence-corrected chi connectivity index (χ1v) is 13.4. The van der Waals surface area contributed by atoms with Crippen molar-refractivity contribution in [1.29, 1.82) is 5.26 Å². The maximum absolute atomic E-state index is 13.1. The van der Waals surface area contributed by atoms with E-state index in [4.69, 9.17) is 25.2 Å². The molecule has 1 aliphatic rings. The van der Waals surface area contributed by atoms with E-state index in [0.717, 1.165) is 0 Å². The molecule has 11 heteroatoms. The summed E-state index contributed by atoms with van der Waals surface area (Å²) in [5, 5.41) is 24.0. The fourth-order valence-corrected chi connectivity index (χ4v) is 5.38. The standard InChI is InChI=1S/C27H33N3O7S/c1-35-22-13-11-21(12-14-22)27(32,24(38(33)34)10-6-3-7-16-28)26(29,18-20-8-4-2-5-9-20)30-25(31)37-23-15-17-36-19-23/h2,4-5,8-9,11-14,23,32H,3,6-7,10,15,17-19,29H2,1H3,(H,30,31). The molecule has 0 aromatic heterocycles. The maximum atomic E-state index is 13.1. The van der Waals surface area contributed by atoms with Gasteiger partial charge in [0.15, 0.2) is 5.60 Å². The number of rotatable bonds is 12. The van der Waals surface area contributed by atoms with Crippen molar-refractivity contribution in [3.05, 3.63) is 65.7 Å². The van der Waals surface area contributed by atoms with E-state index in [-0.39, 0.29) is 36.3 Å². The number of carbonyl (C=O) groups is 1. The third-order valence-electron chi connectivity index (χ3n) is 6.51. The van der Waals surface area contributed by atoms with Crippen molar-refractivity contribution in [2.75, 3.05) is 20.3 Å². The minimum Gasteiger partial charge on any atom is -0.497 e. The van der Waals surface area contributed by atoms with Crippen LogP contribution in [0, 0.1) is 11.3 Å². The van der Waals surface area contributed by atoms with Crippen molar-refractivity contribution in [1.82, 2.24) is 5.32 Å². The number of amides is 1. The van der Waals surface area contributed by atoms with Crippen LogP contribution in [0.25, 0.3) is 0 Å². The molecule has 0 bridgehead atoms. The lowest BCUT2D eigenvalue weighted by atomic mass is 9.74. The zero-order chi connectivity index (χ0) is 27.6. The van der Waals surface area contributed by atoms with Gasteiger partial charge in [-0.2, -0.15) is 13.7 Å². The highest BCUT2D eigenvalue weighted by molar-refractivity contribution is 7.73. The normalized spacial score (nSPS) is 17.9. The molecule has 0 spiro atoms. The summed E-state index contributed by atoms with van der Waals surface area (Å²) in [5.41, 5.74) is 3.21. The molecular weight excluding hydrogens is 510 g/mol. The Bertz CT molecular complexity index is 1250. The summed E-state index contributed by atoms with van der Waals surface area (Å²) in [6, 6.07) is 17.0. The Morgan fingerprint density at radius 1 is 1.21 bits per heavy atom. The molecule has 2 aromatic carbocycles. The molecule has 0 radical (unpaired) electrons. The van der Waals surface area contributed by atoms with E-state index in [2.05, 4.69) is 5.32 Å². The molecular formula is C27H33N3O7S. The molecule has 4 N–H and O–H groups in total. The Morgan fingerprint density at radius 2 is 1.92 bits per heavy atom. The van der Waals surface area contributed by atoms with Gasteiger partial charge in [0, 0.05) is 19.3 Å². The first-order valence-electron chi connectivity index (χ1n) is 12.3. The van der Waals surface area contributed by atoms with Gasteiger partial charge in [-0.3, -0.25) is 5.32 Å². The van der Waals surface area contributed by atoms with Gasteiger partial charge in [-0.15, -0.1) is 0 Å². The number of ether oxygens (including phenoxy) is 3. The number of carbonyl (C=O) groups excluding carboxylic acids is 1. The monoisotopic (exact) mass is 543 g/mol. The second-order valence-corrected chi connectivity index (χ2v) is 10.1. The highest BCUT2D eigenvalue weighted by Crippen LogP contribution is 2.37. The lowest BCUT2D eigenvalue weighted by Crippen LogP contribution is -2.72. The van der Waals surface area contributed by atoms with Gasteiger partial charge in [0.25, 0.3) is 0 Å². The Hall–Kier alpha value is -3.43. The Balaban J connectivity index is 2.14. The van der Waals surface area contributed by atoms with Crippen molar-refractivity contribution in [3.63, 3.8) is 0 Å².